The Labute approximate surface area is 225 Å². The molecule has 0 fully saturated rings. The first kappa shape index (κ1) is 25.1. The molecule has 0 N–H and O–H groups in total. The number of esters is 1. The highest BCUT2D eigenvalue weighted by Crippen LogP contribution is 2.34. The van der Waals surface area contributed by atoms with Crippen LogP contribution in [0.3, 0.4) is 0 Å². The Balaban J connectivity index is 1.99. The molecule has 0 unspecified atom stereocenters. The van der Waals surface area contributed by atoms with E-state index < -0.39 is 12.0 Å². The van der Waals surface area contributed by atoms with Crippen LogP contribution in [0.5, 0.6) is 5.75 Å². The lowest BCUT2D eigenvalue weighted by molar-refractivity contribution is -0.139. The SMILES string of the molecule is CCOC(=O)C1=C(C)N=c2s/c(=C\c3cc(Br)cc(Br)c3OC)c(=O)n2[C@H]1c1ccc(Br)cc1. The fourth-order valence-corrected chi connectivity index (χ4v) is 6.52. The Morgan fingerprint density at radius 1 is 1.18 bits per heavy atom. The molecule has 176 valence electrons. The van der Waals surface area contributed by atoms with Gasteiger partial charge in [-0.1, -0.05) is 55.3 Å². The van der Waals surface area contributed by atoms with Gasteiger partial charge in [-0.3, -0.25) is 9.36 Å². The molecule has 2 heterocycles. The van der Waals surface area contributed by atoms with Gasteiger partial charge in [0.15, 0.2) is 4.80 Å². The van der Waals surface area contributed by atoms with Gasteiger partial charge in [0, 0.05) is 14.5 Å². The zero-order valence-electron chi connectivity index (χ0n) is 18.4. The number of allylic oxidation sites excluding steroid dienone is 1. The molecule has 1 aromatic heterocycles. The summed E-state index contributed by atoms with van der Waals surface area (Å²) in [4.78, 5) is 31.8. The van der Waals surface area contributed by atoms with Crippen LogP contribution in [-0.4, -0.2) is 24.3 Å². The lowest BCUT2D eigenvalue weighted by atomic mass is 9.96. The summed E-state index contributed by atoms with van der Waals surface area (Å²) in [5.74, 6) is 0.130. The van der Waals surface area contributed by atoms with Gasteiger partial charge in [-0.25, -0.2) is 9.79 Å². The molecule has 1 aliphatic heterocycles. The minimum absolute atomic E-state index is 0.227. The van der Waals surface area contributed by atoms with Crippen LogP contribution in [0.2, 0.25) is 0 Å². The highest BCUT2D eigenvalue weighted by atomic mass is 79.9. The smallest absolute Gasteiger partial charge is 0.338 e. The number of thiazole rings is 1. The normalized spacial score (nSPS) is 15.7. The summed E-state index contributed by atoms with van der Waals surface area (Å²) < 4.78 is 15.4. The summed E-state index contributed by atoms with van der Waals surface area (Å²) in [7, 11) is 1.58. The average molecular weight is 671 g/mol. The van der Waals surface area contributed by atoms with Crippen molar-refractivity contribution in [1.82, 2.24) is 4.57 Å². The van der Waals surface area contributed by atoms with E-state index in [2.05, 4.69) is 52.8 Å². The number of carbonyl (C=O) groups excluding carboxylic acids is 1. The Morgan fingerprint density at radius 3 is 2.53 bits per heavy atom. The predicted octanol–water partition coefficient (Wildman–Crippen LogP) is 5.09. The molecule has 0 saturated heterocycles. The van der Waals surface area contributed by atoms with E-state index in [1.807, 2.05) is 36.4 Å². The third kappa shape index (κ3) is 4.73. The minimum Gasteiger partial charge on any atom is -0.495 e. The van der Waals surface area contributed by atoms with Crippen molar-refractivity contribution in [3.05, 3.63) is 91.9 Å². The van der Waals surface area contributed by atoms with E-state index in [9.17, 15) is 9.59 Å². The number of aromatic nitrogens is 1. The number of halogens is 3. The maximum Gasteiger partial charge on any atom is 0.338 e. The van der Waals surface area contributed by atoms with E-state index in [0.717, 1.165) is 24.5 Å². The summed E-state index contributed by atoms with van der Waals surface area (Å²) >= 11 is 11.7. The van der Waals surface area contributed by atoms with E-state index in [-0.39, 0.29) is 12.2 Å². The second kappa shape index (κ2) is 10.3. The maximum atomic E-state index is 13.7. The molecule has 3 aromatic rings. The molecule has 2 aromatic carbocycles. The van der Waals surface area contributed by atoms with Crippen molar-refractivity contribution in [3.8, 4) is 5.75 Å². The van der Waals surface area contributed by atoms with Crippen LogP contribution in [-0.2, 0) is 9.53 Å². The largest absolute Gasteiger partial charge is 0.495 e. The molecule has 0 bridgehead atoms. The van der Waals surface area contributed by atoms with Gasteiger partial charge in [0.25, 0.3) is 5.56 Å². The Morgan fingerprint density at radius 2 is 1.88 bits per heavy atom. The first-order chi connectivity index (χ1) is 16.2. The quantitative estimate of drug-likeness (QED) is 0.355. The predicted molar refractivity (Wildman–Crippen MR) is 143 cm³/mol. The van der Waals surface area contributed by atoms with Gasteiger partial charge in [0.1, 0.15) is 5.75 Å². The second-order valence-corrected chi connectivity index (χ2v) is 11.1. The summed E-state index contributed by atoms with van der Waals surface area (Å²) in [5.41, 5.74) is 2.16. The minimum atomic E-state index is -0.651. The number of carbonyl (C=O) groups is 1. The molecule has 10 heteroatoms. The summed E-state index contributed by atoms with van der Waals surface area (Å²) in [6.07, 6.45) is 1.78. The second-order valence-electron chi connectivity index (χ2n) is 7.36. The Hall–Kier alpha value is -2.01. The average Bonchev–Trinajstić information content (AvgIpc) is 3.08. The van der Waals surface area contributed by atoms with Crippen LogP contribution < -0.4 is 19.6 Å². The topological polar surface area (TPSA) is 69.9 Å². The van der Waals surface area contributed by atoms with Crippen LogP contribution in [0, 0.1) is 0 Å². The highest BCUT2D eigenvalue weighted by Gasteiger charge is 2.33. The summed E-state index contributed by atoms with van der Waals surface area (Å²) in [6, 6.07) is 10.6. The maximum absolute atomic E-state index is 13.7. The van der Waals surface area contributed by atoms with E-state index >= 15 is 0 Å². The first-order valence-electron chi connectivity index (χ1n) is 10.2. The van der Waals surface area contributed by atoms with Gasteiger partial charge in [-0.2, -0.15) is 0 Å². The number of fused-ring (bicyclic) bond motifs is 1. The van der Waals surface area contributed by atoms with Gasteiger partial charge in [0.05, 0.1) is 40.0 Å². The lowest BCUT2D eigenvalue weighted by Crippen LogP contribution is -2.39. The van der Waals surface area contributed by atoms with Crippen LogP contribution in [0.1, 0.15) is 31.0 Å². The number of hydrogen-bond acceptors (Lipinski definition) is 6. The lowest BCUT2D eigenvalue weighted by Gasteiger charge is -2.24. The Kier molecular flexibility index (Phi) is 7.61. The van der Waals surface area contributed by atoms with Crippen molar-refractivity contribution >= 4 is 71.2 Å². The van der Waals surface area contributed by atoms with E-state index in [4.69, 9.17) is 9.47 Å². The number of benzene rings is 2. The molecular weight excluding hydrogens is 652 g/mol. The van der Waals surface area contributed by atoms with Gasteiger partial charge in [-0.05, 0) is 65.7 Å². The summed E-state index contributed by atoms with van der Waals surface area (Å²) in [5, 5.41) is 0. The number of ether oxygens (including phenoxy) is 2. The molecular formula is C24H19Br3N2O4S. The molecule has 34 heavy (non-hydrogen) atoms. The van der Waals surface area contributed by atoms with Gasteiger partial charge in [-0.15, -0.1) is 0 Å². The molecule has 1 aliphatic rings. The van der Waals surface area contributed by atoms with Crippen molar-refractivity contribution in [2.45, 2.75) is 19.9 Å². The van der Waals surface area contributed by atoms with E-state index in [1.165, 1.54) is 11.3 Å². The van der Waals surface area contributed by atoms with Crippen molar-refractivity contribution in [1.29, 1.82) is 0 Å². The van der Waals surface area contributed by atoms with Gasteiger partial charge < -0.3 is 9.47 Å². The summed E-state index contributed by atoms with van der Waals surface area (Å²) in [6.45, 7) is 3.75. The standard InChI is InChI=1S/C24H19Br3N2O4S/c1-4-33-23(31)19-12(2)28-24-29(20(19)13-5-7-15(25)8-6-13)22(30)18(34-24)10-14-9-16(26)11-17(27)21(14)32-3/h5-11,20H,4H2,1-3H3/b18-10-/t20-/m0/s1. The fraction of sp³-hybridized carbons (Fsp3) is 0.208. The van der Waals surface area contributed by atoms with E-state index in [0.29, 0.717) is 26.4 Å². The van der Waals surface area contributed by atoms with Crippen LogP contribution >= 0.6 is 59.1 Å². The molecule has 0 spiro atoms. The number of rotatable bonds is 5. The van der Waals surface area contributed by atoms with Crippen LogP contribution in [0.15, 0.2) is 70.9 Å². The van der Waals surface area contributed by atoms with Gasteiger partial charge >= 0.3 is 5.97 Å². The highest BCUT2D eigenvalue weighted by molar-refractivity contribution is 9.11. The molecule has 0 aliphatic carbocycles. The van der Waals surface area contributed by atoms with Crippen molar-refractivity contribution in [2.24, 2.45) is 4.99 Å². The Bertz CT molecular complexity index is 1490. The molecule has 4 rings (SSSR count). The van der Waals surface area contributed by atoms with Gasteiger partial charge in [0.2, 0.25) is 0 Å². The third-order valence-corrected chi connectivity index (χ3v) is 7.79. The first-order valence-corrected chi connectivity index (χ1v) is 13.4. The number of methoxy groups -OCH3 is 1. The zero-order valence-corrected chi connectivity index (χ0v) is 24.0. The molecule has 0 amide bonds. The molecule has 0 radical (unpaired) electrons. The van der Waals surface area contributed by atoms with E-state index in [1.54, 1.807) is 31.6 Å². The number of hydrogen-bond donors (Lipinski definition) is 0. The van der Waals surface area contributed by atoms with Crippen molar-refractivity contribution in [3.63, 3.8) is 0 Å². The molecule has 0 saturated carbocycles. The molecule has 1 atom stereocenters. The van der Waals surface area contributed by atoms with Crippen molar-refractivity contribution < 1.29 is 14.3 Å². The third-order valence-electron chi connectivity index (χ3n) is 5.23. The molecule has 6 nitrogen and oxygen atoms in total. The fourth-order valence-electron chi connectivity index (χ4n) is 3.80. The van der Waals surface area contributed by atoms with Crippen LogP contribution in [0.4, 0.5) is 0 Å². The zero-order chi connectivity index (χ0) is 24.6. The monoisotopic (exact) mass is 668 g/mol. The number of nitrogens with zero attached hydrogens (tertiary/aromatic N) is 2. The van der Waals surface area contributed by atoms with Crippen molar-refractivity contribution in [2.75, 3.05) is 13.7 Å². The van der Waals surface area contributed by atoms with Crippen LogP contribution in [0.25, 0.3) is 6.08 Å².